The molecule has 0 radical (unpaired) electrons. The average molecular weight is 218 g/mol. The van der Waals surface area contributed by atoms with E-state index >= 15 is 0 Å². The van der Waals surface area contributed by atoms with Crippen LogP contribution in [0.15, 0.2) is 0 Å². The van der Waals surface area contributed by atoms with E-state index in [1.807, 2.05) is 0 Å². The van der Waals surface area contributed by atoms with E-state index in [1.165, 1.54) is 0 Å². The molecule has 0 fully saturated rings. The standard InChI is InChI=1S/CH2O3.2Al.4H2O.2O/c2-1(3)4;;;;;;;;/h(H2,2,3,4);;;4*1H2;;/q;2*+1;;;;;;/p-2. The first kappa shape index (κ1) is 30.1. The van der Waals surface area contributed by atoms with Gasteiger partial charge < -0.3 is 21.2 Å². The fourth-order valence-corrected chi connectivity index (χ4v) is 0. The summed E-state index contributed by atoms with van der Waals surface area (Å²) in [5, 5.41) is 13.9. The quantitative estimate of drug-likeness (QED) is 0.302. The van der Waals surface area contributed by atoms with Gasteiger partial charge in [0.05, 0.1) is 0 Å². The van der Waals surface area contributed by atoms with Crippen molar-refractivity contribution in [2.24, 2.45) is 0 Å². The predicted octanol–water partition coefficient (Wildman–Crippen LogP) is -3.54. The third kappa shape index (κ3) is 2280. The van der Waals surface area contributed by atoms with Gasteiger partial charge in [0.1, 0.15) is 0 Å². The molecule has 0 amide bonds. The summed E-state index contributed by atoms with van der Waals surface area (Å²) in [6.45, 7) is 0. The van der Waals surface area contributed by atoms with Gasteiger partial charge in [-0.15, -0.1) is 0 Å². The van der Waals surface area contributed by atoms with Crippen LogP contribution < -0.4 is 0 Å². The van der Waals surface area contributed by atoms with Crippen molar-refractivity contribution in [2.45, 2.75) is 0 Å². The summed E-state index contributed by atoms with van der Waals surface area (Å²) in [6, 6.07) is 0. The molecule has 0 heterocycles. The molecule has 0 saturated heterocycles. The van der Waals surface area contributed by atoms with Gasteiger partial charge in [0.2, 0.25) is 0 Å². The zero-order valence-electron chi connectivity index (χ0n) is 5.67. The SMILES string of the molecule is O.O.O=C(O)O.[O]=[Al][OH].[O]=[Al][OH]. The van der Waals surface area contributed by atoms with Crippen LogP contribution in [0.5, 0.6) is 0 Å². The van der Waals surface area contributed by atoms with E-state index in [1.54, 1.807) is 0 Å². The summed E-state index contributed by atoms with van der Waals surface area (Å²) >= 11 is -3.00. The number of hydrogen-bond donors (Lipinski definition) is 4. The molecule has 0 aromatic heterocycles. The Morgan fingerprint density at radius 3 is 0.917 bits per heavy atom. The summed E-state index contributed by atoms with van der Waals surface area (Å²) in [4.78, 5) is 8.56. The third-order valence-electron chi connectivity index (χ3n) is 0. The van der Waals surface area contributed by atoms with Gasteiger partial charge in [-0.25, -0.2) is 4.79 Å². The molecular formula is CH8Al2O9. The van der Waals surface area contributed by atoms with Crippen LogP contribution >= 0.6 is 0 Å². The van der Waals surface area contributed by atoms with Crippen molar-refractivity contribution in [3.8, 4) is 0 Å². The van der Waals surface area contributed by atoms with Gasteiger partial charge in [0.15, 0.2) is 0 Å². The van der Waals surface area contributed by atoms with Crippen LogP contribution in [0.1, 0.15) is 0 Å². The Balaban J connectivity index is -0.0000000191. The van der Waals surface area contributed by atoms with Gasteiger partial charge in [-0.2, -0.15) is 0 Å². The van der Waals surface area contributed by atoms with E-state index in [0.717, 1.165) is 0 Å². The van der Waals surface area contributed by atoms with Gasteiger partial charge in [-0.3, -0.25) is 0 Å². The average Bonchev–Trinajstić information content (AvgIpc) is 1.65. The van der Waals surface area contributed by atoms with Crippen molar-refractivity contribution in [1.82, 2.24) is 0 Å². The summed E-state index contributed by atoms with van der Waals surface area (Å²) < 4.78 is 31.3. The van der Waals surface area contributed by atoms with Crippen molar-refractivity contribution >= 4 is 37.1 Å². The minimum absolute atomic E-state index is 0. The van der Waals surface area contributed by atoms with Crippen molar-refractivity contribution < 1.29 is 41.9 Å². The third-order valence-corrected chi connectivity index (χ3v) is 0. The van der Waals surface area contributed by atoms with Gasteiger partial charge in [-0.1, -0.05) is 0 Å². The minimum atomic E-state index is -1.83. The maximum atomic E-state index is 8.57. The molecule has 11 heteroatoms. The molecule has 8 N–H and O–H groups in total. The van der Waals surface area contributed by atoms with Crippen molar-refractivity contribution in [3.05, 3.63) is 0 Å². The Morgan fingerprint density at radius 1 is 0.917 bits per heavy atom. The van der Waals surface area contributed by atoms with Crippen LogP contribution in [0.2, 0.25) is 0 Å². The van der Waals surface area contributed by atoms with Gasteiger partial charge in [-0.05, 0) is 0 Å². The molecule has 0 aromatic rings. The van der Waals surface area contributed by atoms with E-state index in [4.69, 9.17) is 30.9 Å². The predicted molar refractivity (Wildman–Crippen MR) is 35.2 cm³/mol. The summed E-state index contributed by atoms with van der Waals surface area (Å²) in [5.41, 5.74) is 0. The Hall–Kier alpha value is -0.545. The molecule has 0 spiro atoms. The number of hydrogen-bond acceptors (Lipinski definition) is 3. The van der Waals surface area contributed by atoms with Crippen LogP contribution in [0.3, 0.4) is 0 Å². The first-order valence-electron chi connectivity index (χ1n) is 1.64. The molecule has 0 saturated carbocycles. The molecule has 0 aliphatic carbocycles. The molecule has 0 atom stereocenters. The Morgan fingerprint density at radius 2 is 0.917 bits per heavy atom. The number of carbonyl (C=O) groups is 1. The van der Waals surface area contributed by atoms with E-state index in [-0.39, 0.29) is 11.0 Å². The summed E-state index contributed by atoms with van der Waals surface area (Å²) in [7, 11) is 0. The second kappa shape index (κ2) is 47.1. The van der Waals surface area contributed by atoms with E-state index in [9.17, 15) is 0 Å². The molecule has 12 heavy (non-hydrogen) atoms. The van der Waals surface area contributed by atoms with Crippen molar-refractivity contribution in [1.29, 1.82) is 0 Å². The Bertz CT molecular complexity index is 80.5. The zero-order chi connectivity index (χ0) is 8.99. The molecular weight excluding hydrogens is 210 g/mol. The molecule has 0 aliphatic rings. The van der Waals surface area contributed by atoms with Gasteiger partial charge in [0.25, 0.3) is 0 Å². The van der Waals surface area contributed by atoms with E-state index < -0.39 is 37.1 Å². The number of rotatable bonds is 0. The van der Waals surface area contributed by atoms with Crippen LogP contribution in [-0.4, -0.2) is 66.6 Å². The van der Waals surface area contributed by atoms with E-state index in [2.05, 4.69) is 0 Å². The number of carboxylic acid groups (broad SMARTS) is 2. The second-order valence-corrected chi connectivity index (χ2v) is 0.915. The van der Waals surface area contributed by atoms with Crippen LogP contribution in [0, 0.1) is 0 Å². The fourth-order valence-electron chi connectivity index (χ4n) is 0. The van der Waals surface area contributed by atoms with Crippen LogP contribution in [0.4, 0.5) is 4.79 Å². The van der Waals surface area contributed by atoms with E-state index in [0.29, 0.717) is 0 Å². The summed E-state index contributed by atoms with van der Waals surface area (Å²) in [6.07, 6.45) is -1.83. The molecule has 0 rings (SSSR count). The molecule has 0 unspecified atom stereocenters. The fraction of sp³-hybridized carbons (Fsp3) is 0. The normalized spacial score (nSPS) is 3.33. The molecule has 72 valence electrons. The monoisotopic (exact) mass is 218 g/mol. The zero-order valence-corrected chi connectivity index (χ0v) is 7.98. The maximum absolute atomic E-state index is 8.57. The first-order chi connectivity index (χ1) is 4.56. The topological polar surface area (TPSA) is 195 Å². The molecule has 0 aliphatic heterocycles. The summed E-state index contributed by atoms with van der Waals surface area (Å²) in [5.74, 6) is 0. The van der Waals surface area contributed by atoms with Crippen LogP contribution in [0.25, 0.3) is 0 Å². The Labute approximate surface area is 79.4 Å². The van der Waals surface area contributed by atoms with Crippen molar-refractivity contribution in [3.63, 3.8) is 0 Å². The Kier molecular flexibility index (Phi) is 118. The second-order valence-electron chi connectivity index (χ2n) is 0.493. The van der Waals surface area contributed by atoms with Gasteiger partial charge in [0, 0.05) is 0 Å². The van der Waals surface area contributed by atoms with Gasteiger partial charge >= 0.3 is 53.1 Å². The molecule has 0 aromatic carbocycles. The first-order valence-corrected chi connectivity index (χ1v) is 3.61. The van der Waals surface area contributed by atoms with Crippen LogP contribution in [-0.2, 0) is 7.61 Å². The molecule has 0 bridgehead atoms. The van der Waals surface area contributed by atoms with Crippen molar-refractivity contribution in [2.75, 3.05) is 0 Å². The molecule has 9 nitrogen and oxygen atoms in total.